The van der Waals surface area contributed by atoms with Gasteiger partial charge in [-0.2, -0.15) is 0 Å². The number of aliphatic hydroxyl groups excluding tert-OH is 1. The van der Waals surface area contributed by atoms with E-state index in [0.29, 0.717) is 0 Å². The Balaban J connectivity index is 4.06. The third kappa shape index (κ3) is 2.55. The molecule has 0 aliphatic rings. The molecule has 4 nitrogen and oxygen atoms in total. The standard InChI is InChI=1S/C5H11NO3/c1-5(2,6)3(7)4(8)9/h4,8-9H,6H2,1-2H3. The van der Waals surface area contributed by atoms with Crippen molar-refractivity contribution in [2.75, 3.05) is 0 Å². The molecular weight excluding hydrogens is 122 g/mol. The predicted octanol–water partition coefficient (Wildman–Crippen LogP) is -1.40. The summed E-state index contributed by atoms with van der Waals surface area (Å²) in [6.45, 7) is 2.82. The fraction of sp³-hybridized carbons (Fsp3) is 0.800. The Bertz CT molecular complexity index is 114. The van der Waals surface area contributed by atoms with E-state index in [1.807, 2.05) is 0 Å². The highest BCUT2D eigenvalue weighted by molar-refractivity contribution is 5.89. The van der Waals surface area contributed by atoms with E-state index in [1.54, 1.807) is 0 Å². The van der Waals surface area contributed by atoms with Crippen molar-refractivity contribution in [2.24, 2.45) is 5.73 Å². The maximum atomic E-state index is 10.5. The number of nitrogens with two attached hydrogens (primary N) is 1. The first-order valence-corrected chi connectivity index (χ1v) is 2.55. The predicted molar refractivity (Wildman–Crippen MR) is 31.5 cm³/mol. The van der Waals surface area contributed by atoms with Crippen molar-refractivity contribution in [1.29, 1.82) is 0 Å². The van der Waals surface area contributed by atoms with Crippen molar-refractivity contribution in [1.82, 2.24) is 0 Å². The lowest BCUT2D eigenvalue weighted by Gasteiger charge is -2.16. The second-order valence-electron chi connectivity index (χ2n) is 2.46. The fourth-order valence-electron chi connectivity index (χ4n) is 0.333. The minimum Gasteiger partial charge on any atom is -0.362 e. The van der Waals surface area contributed by atoms with Gasteiger partial charge in [0.1, 0.15) is 0 Å². The summed E-state index contributed by atoms with van der Waals surface area (Å²) in [4.78, 5) is 10.5. The molecule has 0 aliphatic carbocycles. The SMILES string of the molecule is CC(C)(N)C(=O)C(O)O. The van der Waals surface area contributed by atoms with E-state index in [2.05, 4.69) is 0 Å². The number of Topliss-reactive ketones (excluding diaryl/α,β-unsaturated/α-hetero) is 1. The van der Waals surface area contributed by atoms with E-state index < -0.39 is 17.6 Å². The van der Waals surface area contributed by atoms with Gasteiger partial charge in [-0.05, 0) is 13.8 Å². The number of hydrogen-bond donors (Lipinski definition) is 3. The highest BCUT2D eigenvalue weighted by atomic mass is 16.5. The average Bonchev–Trinajstić information content (AvgIpc) is 1.62. The first-order chi connectivity index (χ1) is 3.85. The largest absolute Gasteiger partial charge is 0.362 e. The van der Waals surface area contributed by atoms with Crippen molar-refractivity contribution in [3.05, 3.63) is 0 Å². The van der Waals surface area contributed by atoms with Crippen LogP contribution in [0.2, 0.25) is 0 Å². The molecular formula is C5H11NO3. The van der Waals surface area contributed by atoms with E-state index >= 15 is 0 Å². The molecule has 54 valence electrons. The van der Waals surface area contributed by atoms with E-state index in [4.69, 9.17) is 15.9 Å². The summed E-state index contributed by atoms with van der Waals surface area (Å²) in [6.07, 6.45) is -1.95. The van der Waals surface area contributed by atoms with E-state index in [9.17, 15) is 4.79 Å². The van der Waals surface area contributed by atoms with Crippen LogP contribution in [0.15, 0.2) is 0 Å². The van der Waals surface area contributed by atoms with Gasteiger partial charge in [0.05, 0.1) is 5.54 Å². The number of hydrogen-bond acceptors (Lipinski definition) is 4. The van der Waals surface area contributed by atoms with Crippen LogP contribution in [-0.2, 0) is 4.79 Å². The summed E-state index contributed by atoms with van der Waals surface area (Å²) in [5, 5.41) is 16.6. The molecule has 0 aliphatic heterocycles. The summed E-state index contributed by atoms with van der Waals surface area (Å²) >= 11 is 0. The molecule has 0 aromatic heterocycles. The first-order valence-electron chi connectivity index (χ1n) is 2.55. The van der Waals surface area contributed by atoms with Crippen molar-refractivity contribution in [2.45, 2.75) is 25.7 Å². The van der Waals surface area contributed by atoms with Crippen LogP contribution in [0.4, 0.5) is 0 Å². The third-order valence-corrected chi connectivity index (χ3v) is 0.870. The Morgan fingerprint density at radius 1 is 1.56 bits per heavy atom. The molecule has 0 spiro atoms. The number of ketones is 1. The minimum atomic E-state index is -1.95. The lowest BCUT2D eigenvalue weighted by molar-refractivity contribution is -0.149. The van der Waals surface area contributed by atoms with Gasteiger partial charge in [0, 0.05) is 0 Å². The quantitative estimate of drug-likeness (QED) is 0.405. The maximum absolute atomic E-state index is 10.5. The highest BCUT2D eigenvalue weighted by Crippen LogP contribution is 2.00. The zero-order valence-corrected chi connectivity index (χ0v) is 5.46. The van der Waals surface area contributed by atoms with Crippen LogP contribution in [0.5, 0.6) is 0 Å². The summed E-state index contributed by atoms with van der Waals surface area (Å²) < 4.78 is 0. The van der Waals surface area contributed by atoms with E-state index in [0.717, 1.165) is 0 Å². The molecule has 0 heterocycles. The van der Waals surface area contributed by atoms with Gasteiger partial charge in [0.15, 0.2) is 0 Å². The molecule has 4 N–H and O–H groups in total. The molecule has 0 amide bonds. The molecule has 0 aromatic carbocycles. The monoisotopic (exact) mass is 133 g/mol. The van der Waals surface area contributed by atoms with Crippen molar-refractivity contribution < 1.29 is 15.0 Å². The Hall–Kier alpha value is -0.450. The average molecular weight is 133 g/mol. The zero-order valence-electron chi connectivity index (χ0n) is 5.46. The Morgan fingerprint density at radius 3 is 1.89 bits per heavy atom. The summed E-state index contributed by atoms with van der Waals surface area (Å²) in [5.74, 6) is -0.775. The van der Waals surface area contributed by atoms with Gasteiger partial charge in [-0.3, -0.25) is 4.79 Å². The number of carbonyl (C=O) groups is 1. The van der Waals surface area contributed by atoms with Crippen LogP contribution in [0, 0.1) is 0 Å². The highest BCUT2D eigenvalue weighted by Gasteiger charge is 2.26. The molecule has 0 saturated heterocycles. The molecule has 0 unspecified atom stereocenters. The molecule has 0 rings (SSSR count). The van der Waals surface area contributed by atoms with Crippen LogP contribution in [0.25, 0.3) is 0 Å². The van der Waals surface area contributed by atoms with E-state index in [1.165, 1.54) is 13.8 Å². The Kier molecular flexibility index (Phi) is 2.31. The van der Waals surface area contributed by atoms with E-state index in [-0.39, 0.29) is 0 Å². The molecule has 0 aromatic rings. The number of carbonyl (C=O) groups excluding carboxylic acids is 1. The number of rotatable bonds is 2. The zero-order chi connectivity index (χ0) is 7.65. The smallest absolute Gasteiger partial charge is 0.214 e. The van der Waals surface area contributed by atoms with Crippen LogP contribution in [-0.4, -0.2) is 27.8 Å². The van der Waals surface area contributed by atoms with Crippen LogP contribution in [0.3, 0.4) is 0 Å². The van der Waals surface area contributed by atoms with Gasteiger partial charge in [0.2, 0.25) is 12.1 Å². The van der Waals surface area contributed by atoms with Crippen molar-refractivity contribution in [3.8, 4) is 0 Å². The Labute approximate surface area is 53.3 Å². The summed E-state index contributed by atoms with van der Waals surface area (Å²) in [7, 11) is 0. The van der Waals surface area contributed by atoms with Gasteiger partial charge in [-0.25, -0.2) is 0 Å². The lowest BCUT2D eigenvalue weighted by Crippen LogP contribution is -2.47. The normalized spacial score (nSPS) is 12.2. The molecule has 4 heteroatoms. The third-order valence-electron chi connectivity index (χ3n) is 0.870. The topological polar surface area (TPSA) is 83.6 Å². The summed E-state index contributed by atoms with van der Waals surface area (Å²) in [5.41, 5.74) is 4.05. The fourth-order valence-corrected chi connectivity index (χ4v) is 0.333. The van der Waals surface area contributed by atoms with Crippen LogP contribution >= 0.6 is 0 Å². The van der Waals surface area contributed by atoms with Gasteiger partial charge in [-0.15, -0.1) is 0 Å². The second kappa shape index (κ2) is 2.43. The van der Waals surface area contributed by atoms with Crippen molar-refractivity contribution >= 4 is 5.78 Å². The molecule has 9 heavy (non-hydrogen) atoms. The molecule has 0 saturated carbocycles. The molecule has 0 bridgehead atoms. The maximum Gasteiger partial charge on any atom is 0.214 e. The van der Waals surface area contributed by atoms with Gasteiger partial charge >= 0.3 is 0 Å². The van der Waals surface area contributed by atoms with Crippen LogP contribution in [0.1, 0.15) is 13.8 Å². The molecule has 0 atom stereocenters. The Morgan fingerprint density at radius 2 is 1.89 bits per heavy atom. The van der Waals surface area contributed by atoms with Crippen molar-refractivity contribution in [3.63, 3.8) is 0 Å². The molecule has 0 fully saturated rings. The summed E-state index contributed by atoms with van der Waals surface area (Å²) in [6, 6.07) is 0. The lowest BCUT2D eigenvalue weighted by atomic mass is 10.0. The van der Waals surface area contributed by atoms with Crippen LogP contribution < -0.4 is 5.73 Å². The van der Waals surface area contributed by atoms with Gasteiger partial charge in [-0.1, -0.05) is 0 Å². The first kappa shape index (κ1) is 8.55. The second-order valence-corrected chi connectivity index (χ2v) is 2.46. The van der Waals surface area contributed by atoms with Gasteiger partial charge < -0.3 is 15.9 Å². The van der Waals surface area contributed by atoms with Gasteiger partial charge in [0.25, 0.3) is 0 Å². The minimum absolute atomic E-state index is 0.775. The molecule has 0 radical (unpaired) electrons. The number of aliphatic hydroxyl groups is 2.